The summed E-state index contributed by atoms with van der Waals surface area (Å²) in [5, 5.41) is 0. The maximum atomic E-state index is 5.82. The maximum Gasteiger partial charge on any atom is 0.0507 e. The first-order valence-corrected chi connectivity index (χ1v) is 5.96. The molecule has 88 valence electrons. The molecule has 0 unspecified atom stereocenters. The summed E-state index contributed by atoms with van der Waals surface area (Å²) in [6, 6.07) is 5.98. The summed E-state index contributed by atoms with van der Waals surface area (Å²) >= 11 is 0. The van der Waals surface area contributed by atoms with Crippen LogP contribution in [0.5, 0.6) is 0 Å². The van der Waals surface area contributed by atoms with Crippen LogP contribution in [0.1, 0.15) is 25.5 Å². The normalized spacial score (nSPS) is 10.4. The third kappa shape index (κ3) is 2.81. The van der Waals surface area contributed by atoms with Gasteiger partial charge in [0.2, 0.25) is 0 Å². The molecule has 0 saturated heterocycles. The van der Waals surface area contributed by atoms with Crippen LogP contribution in [0.15, 0.2) is 36.8 Å². The standard InChI is InChI=1S/C14H17N3/c1-2-3-4-14-13(9-12(15)10-17-14)11-5-7-16-8-6-11/h5-10H,2-4,15H2,1H3. The largest absolute Gasteiger partial charge is 0.397 e. The first kappa shape index (κ1) is 11.6. The average Bonchev–Trinajstić information content (AvgIpc) is 2.38. The molecule has 0 radical (unpaired) electrons. The minimum Gasteiger partial charge on any atom is -0.397 e. The van der Waals surface area contributed by atoms with Crippen molar-refractivity contribution in [3.05, 3.63) is 42.5 Å². The number of nitrogens with zero attached hydrogens (tertiary/aromatic N) is 2. The smallest absolute Gasteiger partial charge is 0.0507 e. The fourth-order valence-corrected chi connectivity index (χ4v) is 1.83. The topological polar surface area (TPSA) is 51.8 Å². The molecule has 17 heavy (non-hydrogen) atoms. The number of rotatable bonds is 4. The van der Waals surface area contributed by atoms with Gasteiger partial charge in [-0.05, 0) is 36.6 Å². The first-order chi connectivity index (χ1) is 8.31. The van der Waals surface area contributed by atoms with E-state index in [9.17, 15) is 0 Å². The van der Waals surface area contributed by atoms with Crippen LogP contribution in [0.4, 0.5) is 5.69 Å². The van der Waals surface area contributed by atoms with Crippen LogP contribution in [-0.4, -0.2) is 9.97 Å². The third-order valence-corrected chi connectivity index (χ3v) is 2.75. The quantitative estimate of drug-likeness (QED) is 0.873. The predicted octanol–water partition coefficient (Wildman–Crippen LogP) is 3.07. The highest BCUT2D eigenvalue weighted by molar-refractivity contribution is 5.68. The minimum absolute atomic E-state index is 0.706. The fourth-order valence-electron chi connectivity index (χ4n) is 1.83. The lowest BCUT2D eigenvalue weighted by molar-refractivity contribution is 0.778. The van der Waals surface area contributed by atoms with E-state index < -0.39 is 0 Å². The monoisotopic (exact) mass is 227 g/mol. The van der Waals surface area contributed by atoms with Gasteiger partial charge in [0.1, 0.15) is 0 Å². The lowest BCUT2D eigenvalue weighted by atomic mass is 10.0. The van der Waals surface area contributed by atoms with Crippen molar-refractivity contribution in [3.63, 3.8) is 0 Å². The van der Waals surface area contributed by atoms with Gasteiger partial charge in [0, 0.05) is 23.7 Å². The molecule has 2 heterocycles. The van der Waals surface area contributed by atoms with Crippen molar-refractivity contribution in [3.8, 4) is 11.1 Å². The van der Waals surface area contributed by atoms with Crippen molar-refractivity contribution in [2.24, 2.45) is 0 Å². The zero-order valence-electron chi connectivity index (χ0n) is 10.1. The van der Waals surface area contributed by atoms with Gasteiger partial charge in [0.15, 0.2) is 0 Å². The van der Waals surface area contributed by atoms with Crippen LogP contribution in [-0.2, 0) is 6.42 Å². The van der Waals surface area contributed by atoms with Gasteiger partial charge in [-0.25, -0.2) is 0 Å². The Kier molecular flexibility index (Phi) is 3.70. The van der Waals surface area contributed by atoms with E-state index in [0.717, 1.165) is 29.7 Å². The van der Waals surface area contributed by atoms with Crippen molar-refractivity contribution >= 4 is 5.69 Å². The Morgan fingerprint density at radius 3 is 2.71 bits per heavy atom. The SMILES string of the molecule is CCCCc1ncc(N)cc1-c1ccncc1. The van der Waals surface area contributed by atoms with Gasteiger partial charge in [-0.3, -0.25) is 9.97 Å². The molecule has 0 bridgehead atoms. The van der Waals surface area contributed by atoms with Gasteiger partial charge < -0.3 is 5.73 Å². The number of anilines is 1. The van der Waals surface area contributed by atoms with Gasteiger partial charge >= 0.3 is 0 Å². The Balaban J connectivity index is 2.40. The highest BCUT2D eigenvalue weighted by atomic mass is 14.7. The molecule has 0 amide bonds. The molecule has 0 aliphatic carbocycles. The van der Waals surface area contributed by atoms with Crippen LogP contribution >= 0.6 is 0 Å². The zero-order valence-corrected chi connectivity index (χ0v) is 10.1. The number of nitrogen functional groups attached to an aromatic ring is 1. The van der Waals surface area contributed by atoms with Crippen molar-refractivity contribution in [2.75, 3.05) is 5.73 Å². The molecule has 2 rings (SSSR count). The molecule has 0 spiro atoms. The third-order valence-electron chi connectivity index (χ3n) is 2.75. The van der Waals surface area contributed by atoms with E-state index in [1.807, 2.05) is 18.2 Å². The average molecular weight is 227 g/mol. The van der Waals surface area contributed by atoms with Crippen LogP contribution < -0.4 is 5.73 Å². The van der Waals surface area contributed by atoms with Crippen molar-refractivity contribution in [1.29, 1.82) is 0 Å². The van der Waals surface area contributed by atoms with Crippen LogP contribution in [0.2, 0.25) is 0 Å². The molecule has 3 nitrogen and oxygen atoms in total. The second-order valence-electron chi connectivity index (χ2n) is 4.10. The summed E-state index contributed by atoms with van der Waals surface area (Å²) in [7, 11) is 0. The summed E-state index contributed by atoms with van der Waals surface area (Å²) in [5.41, 5.74) is 9.90. The van der Waals surface area contributed by atoms with Crippen LogP contribution in [0.25, 0.3) is 11.1 Å². The second-order valence-corrected chi connectivity index (χ2v) is 4.10. The summed E-state index contributed by atoms with van der Waals surface area (Å²) in [5.74, 6) is 0. The molecule has 0 aliphatic rings. The van der Waals surface area contributed by atoms with E-state index in [1.165, 1.54) is 6.42 Å². The molecule has 0 atom stereocenters. The molecule has 2 aromatic heterocycles. The highest BCUT2D eigenvalue weighted by Gasteiger charge is 2.06. The van der Waals surface area contributed by atoms with E-state index >= 15 is 0 Å². The summed E-state index contributed by atoms with van der Waals surface area (Å²) in [6.45, 7) is 2.18. The molecule has 3 heteroatoms. The maximum absolute atomic E-state index is 5.82. The molecule has 0 aromatic carbocycles. The summed E-state index contributed by atoms with van der Waals surface area (Å²) in [4.78, 5) is 8.48. The van der Waals surface area contributed by atoms with Crippen molar-refractivity contribution < 1.29 is 0 Å². The van der Waals surface area contributed by atoms with Gasteiger partial charge in [-0.15, -0.1) is 0 Å². The van der Waals surface area contributed by atoms with Crippen LogP contribution in [0, 0.1) is 0 Å². The minimum atomic E-state index is 0.706. The molecular formula is C14H17N3. The van der Waals surface area contributed by atoms with E-state index in [2.05, 4.69) is 16.9 Å². The molecule has 2 aromatic rings. The second kappa shape index (κ2) is 5.43. The molecular weight excluding hydrogens is 210 g/mol. The number of unbranched alkanes of at least 4 members (excludes halogenated alkanes) is 1. The van der Waals surface area contributed by atoms with E-state index in [-0.39, 0.29) is 0 Å². The Morgan fingerprint density at radius 2 is 2.00 bits per heavy atom. The number of aryl methyl sites for hydroxylation is 1. The number of hydrogen-bond acceptors (Lipinski definition) is 3. The number of aromatic nitrogens is 2. The summed E-state index contributed by atoms with van der Waals surface area (Å²) < 4.78 is 0. The van der Waals surface area contributed by atoms with Gasteiger partial charge in [-0.2, -0.15) is 0 Å². The Hall–Kier alpha value is -1.90. The lowest BCUT2D eigenvalue weighted by Crippen LogP contribution is -1.97. The summed E-state index contributed by atoms with van der Waals surface area (Å²) in [6.07, 6.45) is 8.63. The number of hydrogen-bond donors (Lipinski definition) is 1. The van der Waals surface area contributed by atoms with E-state index in [1.54, 1.807) is 18.6 Å². The van der Waals surface area contributed by atoms with Gasteiger partial charge in [0.05, 0.1) is 11.9 Å². The lowest BCUT2D eigenvalue weighted by Gasteiger charge is -2.09. The van der Waals surface area contributed by atoms with Gasteiger partial charge in [-0.1, -0.05) is 13.3 Å². The fraction of sp³-hybridized carbons (Fsp3) is 0.286. The number of nitrogens with two attached hydrogens (primary N) is 1. The van der Waals surface area contributed by atoms with Crippen molar-refractivity contribution in [1.82, 2.24) is 9.97 Å². The molecule has 0 saturated carbocycles. The van der Waals surface area contributed by atoms with Gasteiger partial charge in [0.25, 0.3) is 0 Å². The van der Waals surface area contributed by atoms with Crippen LogP contribution in [0.3, 0.4) is 0 Å². The molecule has 0 fully saturated rings. The number of pyridine rings is 2. The molecule has 0 aliphatic heterocycles. The Bertz CT molecular complexity index is 480. The van der Waals surface area contributed by atoms with Crippen molar-refractivity contribution in [2.45, 2.75) is 26.2 Å². The predicted molar refractivity (Wildman–Crippen MR) is 70.5 cm³/mol. The molecule has 2 N–H and O–H groups in total. The zero-order chi connectivity index (χ0) is 12.1. The first-order valence-electron chi connectivity index (χ1n) is 5.96. The Labute approximate surface area is 102 Å². The Morgan fingerprint density at radius 1 is 1.24 bits per heavy atom. The van der Waals surface area contributed by atoms with E-state index in [0.29, 0.717) is 5.69 Å². The van der Waals surface area contributed by atoms with E-state index in [4.69, 9.17) is 5.73 Å². The highest BCUT2D eigenvalue weighted by Crippen LogP contribution is 2.24.